The zero-order valence-electron chi connectivity index (χ0n) is 11.4. The van der Waals surface area contributed by atoms with Crippen molar-refractivity contribution in [1.29, 1.82) is 0 Å². The maximum Gasteiger partial charge on any atom is 0.439 e. The molecule has 0 aromatic heterocycles. The van der Waals surface area contributed by atoms with Gasteiger partial charge in [0.1, 0.15) is 0 Å². The van der Waals surface area contributed by atoms with Crippen LogP contribution in [0.2, 0.25) is 0 Å². The fourth-order valence-corrected chi connectivity index (χ4v) is 2.35. The summed E-state index contributed by atoms with van der Waals surface area (Å²) in [6, 6.07) is 0. The minimum Gasteiger partial charge on any atom is -0.466 e. The van der Waals surface area contributed by atoms with Crippen LogP contribution in [0, 0.1) is 16.0 Å². The molecule has 1 saturated carbocycles. The van der Waals surface area contributed by atoms with E-state index in [0.717, 1.165) is 25.3 Å². The van der Waals surface area contributed by atoms with Crippen molar-refractivity contribution in [2.45, 2.75) is 43.9 Å². The maximum absolute atomic E-state index is 13.0. The smallest absolute Gasteiger partial charge is 0.439 e. The van der Waals surface area contributed by atoms with Crippen molar-refractivity contribution in [3.05, 3.63) is 21.9 Å². The van der Waals surface area contributed by atoms with E-state index < -0.39 is 34.3 Å². The Kier molecular flexibility index (Phi) is 5.32. The number of allylic oxidation sites excluding steroid dienone is 1. The van der Waals surface area contributed by atoms with Gasteiger partial charge in [-0.3, -0.25) is 10.1 Å². The van der Waals surface area contributed by atoms with Gasteiger partial charge in [0.05, 0.1) is 12.0 Å². The maximum atomic E-state index is 13.0. The van der Waals surface area contributed by atoms with Crippen LogP contribution in [0.15, 0.2) is 11.8 Å². The lowest BCUT2D eigenvalue weighted by Crippen LogP contribution is -2.56. The number of esters is 1. The van der Waals surface area contributed by atoms with Crippen LogP contribution in [0.4, 0.5) is 13.2 Å². The standard InChI is InChI=1S/C12H16F3NO5/c1-21-10(17)11(18,12(13,14)15)9(16(19)20)7-8-5-3-2-4-6-8/h7-8,18H,2-6H2,1H3/b9-7-. The van der Waals surface area contributed by atoms with Gasteiger partial charge in [0.25, 0.3) is 5.70 Å². The lowest BCUT2D eigenvalue weighted by atomic mass is 9.86. The first-order valence-corrected chi connectivity index (χ1v) is 6.38. The highest BCUT2D eigenvalue weighted by Crippen LogP contribution is 2.39. The van der Waals surface area contributed by atoms with E-state index in [9.17, 15) is 33.2 Å². The van der Waals surface area contributed by atoms with Crippen LogP contribution < -0.4 is 0 Å². The molecule has 1 unspecified atom stereocenters. The Hall–Kier alpha value is -1.64. The number of hydrogen-bond acceptors (Lipinski definition) is 5. The lowest BCUT2D eigenvalue weighted by molar-refractivity contribution is -0.456. The fraction of sp³-hybridized carbons (Fsp3) is 0.750. The number of nitrogens with zero attached hydrogens (tertiary/aromatic N) is 1. The highest BCUT2D eigenvalue weighted by atomic mass is 19.4. The minimum atomic E-state index is -5.55. The van der Waals surface area contributed by atoms with Gasteiger partial charge < -0.3 is 9.84 Å². The van der Waals surface area contributed by atoms with Crippen LogP contribution in [-0.2, 0) is 9.53 Å². The molecule has 1 fully saturated rings. The molecule has 0 aliphatic heterocycles. The summed E-state index contributed by atoms with van der Waals surface area (Å²) in [6.07, 6.45) is -1.49. The number of ether oxygens (including phenoxy) is 1. The van der Waals surface area contributed by atoms with Crippen molar-refractivity contribution < 1.29 is 32.7 Å². The number of nitro groups is 1. The number of rotatable bonds is 4. The normalized spacial score (nSPS) is 20.7. The van der Waals surface area contributed by atoms with Gasteiger partial charge in [-0.15, -0.1) is 0 Å². The summed E-state index contributed by atoms with van der Waals surface area (Å²) < 4.78 is 42.9. The molecular weight excluding hydrogens is 295 g/mol. The van der Waals surface area contributed by atoms with Gasteiger partial charge in [-0.1, -0.05) is 19.3 Å². The molecule has 120 valence electrons. The molecule has 0 aromatic rings. The zero-order chi connectivity index (χ0) is 16.3. The molecule has 0 bridgehead atoms. The van der Waals surface area contributed by atoms with Gasteiger partial charge in [-0.25, -0.2) is 4.79 Å². The van der Waals surface area contributed by atoms with Crippen LogP contribution in [0.3, 0.4) is 0 Å². The Labute approximate surface area is 118 Å². The van der Waals surface area contributed by atoms with Crippen molar-refractivity contribution in [3.8, 4) is 0 Å². The molecule has 0 radical (unpaired) electrons. The second-order valence-corrected chi connectivity index (χ2v) is 4.91. The topological polar surface area (TPSA) is 89.7 Å². The Morgan fingerprint density at radius 2 is 1.86 bits per heavy atom. The van der Waals surface area contributed by atoms with E-state index in [1.165, 1.54) is 0 Å². The van der Waals surface area contributed by atoms with E-state index in [4.69, 9.17) is 0 Å². The molecule has 1 aliphatic rings. The minimum absolute atomic E-state index is 0.474. The third-order valence-electron chi connectivity index (χ3n) is 3.50. The van der Waals surface area contributed by atoms with E-state index in [2.05, 4.69) is 4.74 Å². The second kappa shape index (κ2) is 6.42. The number of carbonyl (C=O) groups excluding carboxylic acids is 1. The molecule has 0 amide bonds. The van der Waals surface area contributed by atoms with Gasteiger partial charge in [0.2, 0.25) is 0 Å². The van der Waals surface area contributed by atoms with Crippen LogP contribution >= 0.6 is 0 Å². The number of carbonyl (C=O) groups is 1. The van der Waals surface area contributed by atoms with Gasteiger partial charge in [-0.05, 0) is 24.8 Å². The van der Waals surface area contributed by atoms with Crippen molar-refractivity contribution >= 4 is 5.97 Å². The van der Waals surface area contributed by atoms with E-state index >= 15 is 0 Å². The summed E-state index contributed by atoms with van der Waals surface area (Å²) >= 11 is 0. The first-order chi connectivity index (χ1) is 9.64. The monoisotopic (exact) mass is 311 g/mol. The van der Waals surface area contributed by atoms with Crippen LogP contribution in [0.5, 0.6) is 0 Å². The number of hydrogen-bond donors (Lipinski definition) is 1. The van der Waals surface area contributed by atoms with Gasteiger partial charge >= 0.3 is 17.7 Å². The molecule has 1 aliphatic carbocycles. The zero-order valence-corrected chi connectivity index (χ0v) is 11.4. The molecule has 6 nitrogen and oxygen atoms in total. The Bertz CT molecular complexity index is 443. The third kappa shape index (κ3) is 3.52. The molecule has 9 heteroatoms. The van der Waals surface area contributed by atoms with Crippen molar-refractivity contribution in [2.24, 2.45) is 5.92 Å². The second-order valence-electron chi connectivity index (χ2n) is 4.91. The Balaban J connectivity index is 3.30. The predicted octanol–water partition coefficient (Wildman–Crippen LogP) is 2.19. The molecular formula is C12H16F3NO5. The predicted molar refractivity (Wildman–Crippen MR) is 64.7 cm³/mol. The molecule has 0 spiro atoms. The van der Waals surface area contributed by atoms with Crippen molar-refractivity contribution in [2.75, 3.05) is 7.11 Å². The lowest BCUT2D eigenvalue weighted by Gasteiger charge is -2.26. The first kappa shape index (κ1) is 17.4. The van der Waals surface area contributed by atoms with E-state index in [-0.39, 0.29) is 0 Å². The molecule has 0 aromatic carbocycles. The van der Waals surface area contributed by atoms with Crippen LogP contribution in [-0.4, -0.2) is 34.9 Å². The summed E-state index contributed by atoms with van der Waals surface area (Å²) in [5.74, 6) is -2.59. The first-order valence-electron chi connectivity index (χ1n) is 6.38. The van der Waals surface area contributed by atoms with Gasteiger partial charge in [0.15, 0.2) is 0 Å². The molecule has 1 atom stereocenters. The van der Waals surface area contributed by atoms with Gasteiger partial charge in [-0.2, -0.15) is 13.2 Å². The van der Waals surface area contributed by atoms with E-state index in [1.807, 2.05) is 0 Å². The van der Waals surface area contributed by atoms with Crippen molar-refractivity contribution in [1.82, 2.24) is 0 Å². The molecule has 21 heavy (non-hydrogen) atoms. The summed E-state index contributed by atoms with van der Waals surface area (Å²) in [5, 5.41) is 20.6. The van der Waals surface area contributed by atoms with Gasteiger partial charge in [0, 0.05) is 0 Å². The SMILES string of the molecule is COC(=O)C(O)(/C(=C/C1CCCCC1)[N+](=O)[O-])C(F)(F)F. The van der Waals surface area contributed by atoms with Crippen LogP contribution in [0.1, 0.15) is 32.1 Å². The summed E-state index contributed by atoms with van der Waals surface area (Å²) in [4.78, 5) is 20.9. The number of aliphatic hydroxyl groups is 1. The quantitative estimate of drug-likeness (QED) is 0.488. The average molecular weight is 311 g/mol. The van der Waals surface area contributed by atoms with Crippen LogP contribution in [0.25, 0.3) is 0 Å². The Morgan fingerprint density at radius 3 is 2.24 bits per heavy atom. The van der Waals surface area contributed by atoms with Crippen molar-refractivity contribution in [3.63, 3.8) is 0 Å². The van der Waals surface area contributed by atoms with E-state index in [1.54, 1.807) is 0 Å². The summed E-state index contributed by atoms with van der Waals surface area (Å²) in [5.41, 5.74) is -5.85. The molecule has 1 rings (SSSR count). The molecule has 1 N–H and O–H groups in total. The fourth-order valence-electron chi connectivity index (χ4n) is 2.35. The van der Waals surface area contributed by atoms with E-state index in [0.29, 0.717) is 20.0 Å². The molecule has 0 heterocycles. The number of methoxy groups -OCH3 is 1. The highest BCUT2D eigenvalue weighted by molar-refractivity contribution is 5.83. The largest absolute Gasteiger partial charge is 0.466 e. The highest BCUT2D eigenvalue weighted by Gasteiger charge is 2.69. The number of halogens is 3. The average Bonchev–Trinajstić information content (AvgIpc) is 2.42. The summed E-state index contributed by atoms with van der Waals surface area (Å²) in [7, 11) is 0.622. The third-order valence-corrected chi connectivity index (χ3v) is 3.50. The number of alkyl halides is 3. The summed E-state index contributed by atoms with van der Waals surface area (Å²) in [6.45, 7) is 0. The molecule has 0 saturated heterocycles. The Morgan fingerprint density at radius 1 is 1.33 bits per heavy atom.